The Morgan fingerprint density at radius 2 is 1.79 bits per heavy atom. The second-order valence-corrected chi connectivity index (χ2v) is 5.51. The number of ether oxygens (including phenoxy) is 1. The van der Waals surface area contributed by atoms with Crippen LogP contribution in [-0.2, 0) is 9.53 Å². The molecule has 0 radical (unpaired) electrons. The van der Waals surface area contributed by atoms with E-state index in [2.05, 4.69) is 4.90 Å². The molecule has 19 heavy (non-hydrogen) atoms. The Bertz CT molecular complexity index is 272. The number of carbonyl (C=O) groups excluding carboxylic acids is 1. The molecular formula is C14H26N2O3. The van der Waals surface area contributed by atoms with E-state index in [-0.39, 0.29) is 18.6 Å². The van der Waals surface area contributed by atoms with E-state index in [9.17, 15) is 4.79 Å². The summed E-state index contributed by atoms with van der Waals surface area (Å²) in [6.07, 6.45) is 5.76. The van der Waals surface area contributed by atoms with Crippen LogP contribution in [0.15, 0.2) is 0 Å². The lowest BCUT2D eigenvalue weighted by Crippen LogP contribution is -2.46. The quantitative estimate of drug-likeness (QED) is 0.789. The van der Waals surface area contributed by atoms with E-state index in [0.29, 0.717) is 13.2 Å². The third-order valence-electron chi connectivity index (χ3n) is 4.05. The number of amides is 1. The first-order valence-corrected chi connectivity index (χ1v) is 7.52. The Morgan fingerprint density at radius 1 is 1.11 bits per heavy atom. The van der Waals surface area contributed by atoms with Crippen molar-refractivity contribution >= 4 is 5.91 Å². The van der Waals surface area contributed by atoms with E-state index >= 15 is 0 Å². The Balaban J connectivity index is 1.65. The number of carbonyl (C=O) groups is 1. The molecule has 2 aliphatic heterocycles. The van der Waals surface area contributed by atoms with Crippen molar-refractivity contribution in [2.24, 2.45) is 0 Å². The average molecular weight is 270 g/mol. The maximum atomic E-state index is 12.1. The van der Waals surface area contributed by atoms with Crippen molar-refractivity contribution in [3.8, 4) is 0 Å². The van der Waals surface area contributed by atoms with E-state index < -0.39 is 0 Å². The molecule has 0 spiro atoms. The van der Waals surface area contributed by atoms with Crippen LogP contribution >= 0.6 is 0 Å². The van der Waals surface area contributed by atoms with Crippen molar-refractivity contribution in [1.29, 1.82) is 0 Å². The molecule has 2 rings (SSSR count). The van der Waals surface area contributed by atoms with Gasteiger partial charge in [-0.1, -0.05) is 0 Å². The zero-order chi connectivity index (χ0) is 13.5. The van der Waals surface area contributed by atoms with Gasteiger partial charge in [-0.15, -0.1) is 0 Å². The van der Waals surface area contributed by atoms with Crippen molar-refractivity contribution in [2.45, 2.75) is 38.2 Å². The lowest BCUT2D eigenvalue weighted by atomic mass is 10.1. The molecule has 5 heteroatoms. The molecule has 2 heterocycles. The molecule has 0 atom stereocenters. The van der Waals surface area contributed by atoms with Crippen LogP contribution in [0.4, 0.5) is 0 Å². The summed E-state index contributed by atoms with van der Waals surface area (Å²) in [5, 5.41) is 8.73. The van der Waals surface area contributed by atoms with Gasteiger partial charge in [0.25, 0.3) is 0 Å². The summed E-state index contributed by atoms with van der Waals surface area (Å²) in [6, 6.07) is 0. The molecule has 0 unspecified atom stereocenters. The topological polar surface area (TPSA) is 53.0 Å². The van der Waals surface area contributed by atoms with E-state index in [1.165, 1.54) is 6.42 Å². The van der Waals surface area contributed by atoms with Gasteiger partial charge in [-0.05, 0) is 32.1 Å². The lowest BCUT2D eigenvalue weighted by Gasteiger charge is -2.34. The average Bonchev–Trinajstić information content (AvgIpc) is 2.47. The number of aliphatic hydroxyl groups is 1. The second-order valence-electron chi connectivity index (χ2n) is 5.51. The maximum absolute atomic E-state index is 12.1. The zero-order valence-electron chi connectivity index (χ0n) is 11.7. The molecule has 1 N–H and O–H groups in total. The molecular weight excluding hydrogens is 244 g/mol. The summed E-state index contributed by atoms with van der Waals surface area (Å²) >= 11 is 0. The molecule has 0 aromatic heterocycles. The Hall–Kier alpha value is -0.650. The monoisotopic (exact) mass is 270 g/mol. The Labute approximate surface area is 115 Å². The van der Waals surface area contributed by atoms with Crippen LogP contribution in [0.1, 0.15) is 32.1 Å². The molecule has 2 saturated heterocycles. The second kappa shape index (κ2) is 7.82. The Kier molecular flexibility index (Phi) is 6.07. The largest absolute Gasteiger partial charge is 0.394 e. The molecule has 5 nitrogen and oxygen atoms in total. The highest BCUT2D eigenvalue weighted by Crippen LogP contribution is 2.15. The fraction of sp³-hybridized carbons (Fsp3) is 0.929. The van der Waals surface area contributed by atoms with E-state index in [1.807, 2.05) is 4.90 Å². The fourth-order valence-electron chi connectivity index (χ4n) is 2.89. The van der Waals surface area contributed by atoms with Gasteiger partial charge in [0.1, 0.15) is 0 Å². The van der Waals surface area contributed by atoms with Gasteiger partial charge in [0.2, 0.25) is 5.91 Å². The van der Waals surface area contributed by atoms with Gasteiger partial charge < -0.3 is 14.7 Å². The maximum Gasteiger partial charge on any atom is 0.236 e. The van der Waals surface area contributed by atoms with Gasteiger partial charge in [0, 0.05) is 26.2 Å². The van der Waals surface area contributed by atoms with E-state index in [0.717, 1.165) is 51.9 Å². The van der Waals surface area contributed by atoms with Gasteiger partial charge in [0.15, 0.2) is 0 Å². The SMILES string of the molecule is O=C(CN1CCC(OCCO)CC1)N1CCCCC1. The minimum atomic E-state index is 0.0909. The highest BCUT2D eigenvalue weighted by Gasteiger charge is 2.23. The van der Waals surface area contributed by atoms with Crippen LogP contribution in [0.5, 0.6) is 0 Å². The molecule has 0 aromatic carbocycles. The summed E-state index contributed by atoms with van der Waals surface area (Å²) in [5.74, 6) is 0.287. The van der Waals surface area contributed by atoms with Crippen LogP contribution in [0.2, 0.25) is 0 Å². The summed E-state index contributed by atoms with van der Waals surface area (Å²) in [7, 11) is 0. The third-order valence-corrected chi connectivity index (χ3v) is 4.05. The molecule has 0 aliphatic carbocycles. The smallest absolute Gasteiger partial charge is 0.236 e. The van der Waals surface area contributed by atoms with Crippen molar-refractivity contribution in [2.75, 3.05) is 45.9 Å². The first kappa shape index (κ1) is 14.8. The lowest BCUT2D eigenvalue weighted by molar-refractivity contribution is -0.134. The number of rotatable bonds is 5. The summed E-state index contributed by atoms with van der Waals surface area (Å²) in [6.45, 7) is 4.81. The summed E-state index contributed by atoms with van der Waals surface area (Å²) in [4.78, 5) is 16.4. The molecule has 0 bridgehead atoms. The van der Waals surface area contributed by atoms with Crippen LogP contribution < -0.4 is 0 Å². The van der Waals surface area contributed by atoms with Crippen LogP contribution in [0.25, 0.3) is 0 Å². The van der Waals surface area contributed by atoms with E-state index in [1.54, 1.807) is 0 Å². The number of likely N-dealkylation sites (tertiary alicyclic amines) is 2. The van der Waals surface area contributed by atoms with Crippen LogP contribution in [0.3, 0.4) is 0 Å². The molecule has 0 aromatic rings. The van der Waals surface area contributed by atoms with Crippen molar-refractivity contribution < 1.29 is 14.6 Å². The van der Waals surface area contributed by atoms with Crippen LogP contribution in [-0.4, -0.2) is 72.9 Å². The normalized spacial score (nSPS) is 22.7. The first-order valence-electron chi connectivity index (χ1n) is 7.52. The van der Waals surface area contributed by atoms with Crippen molar-refractivity contribution in [1.82, 2.24) is 9.80 Å². The van der Waals surface area contributed by atoms with Gasteiger partial charge in [-0.2, -0.15) is 0 Å². The predicted octanol–water partition coefficient (Wildman–Crippen LogP) is 0.472. The van der Waals surface area contributed by atoms with Crippen molar-refractivity contribution in [3.05, 3.63) is 0 Å². The van der Waals surface area contributed by atoms with Gasteiger partial charge in [-0.3, -0.25) is 9.69 Å². The number of hydrogen-bond acceptors (Lipinski definition) is 4. The molecule has 1 amide bonds. The van der Waals surface area contributed by atoms with E-state index in [4.69, 9.17) is 9.84 Å². The minimum Gasteiger partial charge on any atom is -0.394 e. The molecule has 110 valence electrons. The third kappa shape index (κ3) is 4.75. The number of aliphatic hydroxyl groups excluding tert-OH is 1. The number of nitrogens with zero attached hydrogens (tertiary/aromatic N) is 2. The first-order chi connectivity index (χ1) is 9.29. The minimum absolute atomic E-state index is 0.0909. The zero-order valence-corrected chi connectivity index (χ0v) is 11.7. The highest BCUT2D eigenvalue weighted by molar-refractivity contribution is 5.78. The van der Waals surface area contributed by atoms with Crippen LogP contribution in [0, 0.1) is 0 Å². The number of hydrogen-bond donors (Lipinski definition) is 1. The fourth-order valence-corrected chi connectivity index (χ4v) is 2.89. The van der Waals surface area contributed by atoms with Gasteiger partial charge in [-0.25, -0.2) is 0 Å². The summed E-state index contributed by atoms with van der Waals surface area (Å²) in [5.41, 5.74) is 0. The van der Waals surface area contributed by atoms with Gasteiger partial charge >= 0.3 is 0 Å². The predicted molar refractivity (Wildman–Crippen MR) is 72.9 cm³/mol. The highest BCUT2D eigenvalue weighted by atomic mass is 16.5. The van der Waals surface area contributed by atoms with Crippen molar-refractivity contribution in [3.63, 3.8) is 0 Å². The standard InChI is InChI=1S/C14H26N2O3/c17-10-11-19-13-4-8-15(9-5-13)12-14(18)16-6-2-1-3-7-16/h13,17H,1-12H2. The van der Waals surface area contributed by atoms with Gasteiger partial charge in [0.05, 0.1) is 25.9 Å². The number of piperidine rings is 2. The molecule has 2 aliphatic rings. The summed E-state index contributed by atoms with van der Waals surface area (Å²) < 4.78 is 5.53. The Morgan fingerprint density at radius 3 is 2.42 bits per heavy atom. The molecule has 2 fully saturated rings. The molecule has 0 saturated carbocycles.